The fourth-order valence-corrected chi connectivity index (χ4v) is 2.17. The first-order valence-corrected chi connectivity index (χ1v) is 7.05. The molecule has 0 radical (unpaired) electrons. The Morgan fingerprint density at radius 3 is 2.42 bits per heavy atom. The second kappa shape index (κ2) is 9.28. The molecule has 0 saturated carbocycles. The number of esters is 1. The summed E-state index contributed by atoms with van der Waals surface area (Å²) >= 11 is 0. The van der Waals surface area contributed by atoms with Crippen molar-refractivity contribution in [3.63, 3.8) is 0 Å². The predicted molar refractivity (Wildman–Crippen MR) is 77.3 cm³/mol. The lowest BCUT2D eigenvalue weighted by atomic mass is 10.0. The van der Waals surface area contributed by atoms with Gasteiger partial charge in [0, 0.05) is 25.7 Å². The van der Waals surface area contributed by atoms with Gasteiger partial charge in [0.2, 0.25) is 0 Å². The van der Waals surface area contributed by atoms with Crippen molar-refractivity contribution in [2.75, 3.05) is 40.0 Å². The van der Waals surface area contributed by atoms with Crippen molar-refractivity contribution in [1.29, 1.82) is 0 Å². The van der Waals surface area contributed by atoms with Gasteiger partial charge in [-0.25, -0.2) is 0 Å². The maximum absolute atomic E-state index is 12.0. The molecule has 19 heavy (non-hydrogen) atoms. The van der Waals surface area contributed by atoms with E-state index in [1.165, 1.54) is 7.11 Å². The lowest BCUT2D eigenvalue weighted by Crippen LogP contribution is -2.59. The van der Waals surface area contributed by atoms with E-state index in [-0.39, 0.29) is 12.0 Å². The van der Waals surface area contributed by atoms with Gasteiger partial charge in [-0.15, -0.1) is 0 Å². The molecule has 0 spiro atoms. The molecule has 1 unspecified atom stereocenters. The quantitative estimate of drug-likeness (QED) is 0.480. The number of rotatable bonds is 10. The number of ether oxygens (including phenoxy) is 2. The van der Waals surface area contributed by atoms with Gasteiger partial charge in [-0.05, 0) is 34.2 Å². The molecule has 5 heteroatoms. The number of hydrogen-bond donors (Lipinski definition) is 1. The number of hydrogen-bond acceptors (Lipinski definition) is 5. The van der Waals surface area contributed by atoms with Crippen LogP contribution in [0.15, 0.2) is 0 Å². The maximum atomic E-state index is 12.0. The summed E-state index contributed by atoms with van der Waals surface area (Å²) in [6, 6.07) is 0.217. The van der Waals surface area contributed by atoms with Crippen LogP contribution < -0.4 is 5.32 Å². The van der Waals surface area contributed by atoms with Crippen molar-refractivity contribution >= 4 is 5.97 Å². The van der Waals surface area contributed by atoms with Crippen LogP contribution in [0.5, 0.6) is 0 Å². The minimum atomic E-state index is -0.689. The zero-order valence-corrected chi connectivity index (χ0v) is 13.3. The second-order valence-corrected chi connectivity index (χ2v) is 5.19. The van der Waals surface area contributed by atoms with Gasteiger partial charge >= 0.3 is 5.97 Å². The smallest absolute Gasteiger partial charge is 0.327 e. The van der Waals surface area contributed by atoms with Crippen molar-refractivity contribution in [2.24, 2.45) is 0 Å². The predicted octanol–water partition coefficient (Wildman–Crippen LogP) is 1.27. The molecule has 0 rings (SSSR count). The summed E-state index contributed by atoms with van der Waals surface area (Å²) in [4.78, 5) is 14.2. The molecule has 0 aliphatic rings. The first kappa shape index (κ1) is 18.4. The van der Waals surface area contributed by atoms with E-state index in [4.69, 9.17) is 9.47 Å². The van der Waals surface area contributed by atoms with Crippen molar-refractivity contribution in [1.82, 2.24) is 10.2 Å². The molecular weight excluding hydrogens is 244 g/mol. The van der Waals surface area contributed by atoms with Crippen molar-refractivity contribution in [2.45, 2.75) is 46.2 Å². The van der Waals surface area contributed by atoms with Gasteiger partial charge in [0.1, 0.15) is 5.54 Å². The molecule has 0 aliphatic heterocycles. The number of nitrogens with one attached hydrogen (secondary N) is 1. The largest absolute Gasteiger partial charge is 0.468 e. The van der Waals surface area contributed by atoms with Crippen LogP contribution in [-0.4, -0.2) is 62.4 Å². The first-order chi connectivity index (χ1) is 8.89. The Hall–Kier alpha value is -0.650. The summed E-state index contributed by atoms with van der Waals surface area (Å²) in [6.45, 7) is 13.7. The number of nitrogens with zero attached hydrogens (tertiary/aromatic N) is 1. The highest BCUT2D eigenvalue weighted by atomic mass is 16.5. The lowest BCUT2D eigenvalue weighted by molar-refractivity contribution is -0.149. The number of likely N-dealkylation sites (N-methyl/N-ethyl adjacent to an activating group) is 1. The normalized spacial score (nSPS) is 14.7. The molecule has 0 bridgehead atoms. The van der Waals surface area contributed by atoms with Gasteiger partial charge in [-0.1, -0.05) is 6.92 Å². The molecule has 0 aromatic carbocycles. The summed E-state index contributed by atoms with van der Waals surface area (Å²) in [7, 11) is 1.43. The van der Waals surface area contributed by atoms with E-state index in [0.717, 1.165) is 19.7 Å². The molecule has 1 N–H and O–H groups in total. The third kappa shape index (κ3) is 6.89. The topological polar surface area (TPSA) is 50.8 Å². The average molecular weight is 274 g/mol. The molecule has 5 nitrogen and oxygen atoms in total. The highest BCUT2D eigenvalue weighted by Crippen LogP contribution is 2.11. The van der Waals surface area contributed by atoms with Crippen LogP contribution in [0.4, 0.5) is 0 Å². The molecule has 0 fully saturated rings. The molecule has 0 aromatic heterocycles. The number of methoxy groups -OCH3 is 1. The van der Waals surface area contributed by atoms with Gasteiger partial charge in [0.05, 0.1) is 13.7 Å². The second-order valence-electron chi connectivity index (χ2n) is 5.19. The van der Waals surface area contributed by atoms with Crippen LogP contribution in [0.3, 0.4) is 0 Å². The average Bonchev–Trinajstić information content (AvgIpc) is 2.35. The monoisotopic (exact) mass is 274 g/mol. The minimum absolute atomic E-state index is 0.217. The van der Waals surface area contributed by atoms with E-state index >= 15 is 0 Å². The summed E-state index contributed by atoms with van der Waals surface area (Å²) in [5.74, 6) is -0.226. The highest BCUT2D eigenvalue weighted by Gasteiger charge is 2.36. The van der Waals surface area contributed by atoms with Crippen LogP contribution in [-0.2, 0) is 14.3 Å². The molecule has 114 valence electrons. The van der Waals surface area contributed by atoms with Gasteiger partial charge < -0.3 is 9.47 Å². The molecule has 0 aliphatic carbocycles. The number of carbonyl (C=O) groups excluding carboxylic acids is 1. The Labute approximate surface area is 117 Å². The summed E-state index contributed by atoms with van der Waals surface area (Å²) in [6.07, 6.45) is 0. The number of carbonyl (C=O) groups is 1. The Balaban J connectivity index is 4.62. The first-order valence-electron chi connectivity index (χ1n) is 7.05. The Kier molecular flexibility index (Phi) is 8.97. The van der Waals surface area contributed by atoms with Crippen LogP contribution >= 0.6 is 0 Å². The van der Waals surface area contributed by atoms with Gasteiger partial charge in [-0.3, -0.25) is 15.0 Å². The third-order valence-electron chi connectivity index (χ3n) is 2.99. The summed E-state index contributed by atoms with van der Waals surface area (Å²) in [5, 5.41) is 3.31. The standard InChI is InChI=1S/C14H30N2O3/c1-7-16(9-10-19-8-2)11-14(5,13(17)18-6)15-12(3)4/h12,15H,7-11H2,1-6H3. The fraction of sp³-hybridized carbons (Fsp3) is 0.929. The molecule has 0 heterocycles. The molecular formula is C14H30N2O3. The van der Waals surface area contributed by atoms with Gasteiger partial charge in [0.25, 0.3) is 0 Å². The summed E-state index contributed by atoms with van der Waals surface area (Å²) < 4.78 is 10.3. The molecule has 1 atom stereocenters. The zero-order valence-electron chi connectivity index (χ0n) is 13.3. The van der Waals surface area contributed by atoms with Crippen LogP contribution in [0.2, 0.25) is 0 Å². The van der Waals surface area contributed by atoms with Crippen LogP contribution in [0.25, 0.3) is 0 Å². The third-order valence-corrected chi connectivity index (χ3v) is 2.99. The summed E-state index contributed by atoms with van der Waals surface area (Å²) in [5.41, 5.74) is -0.689. The van der Waals surface area contributed by atoms with Crippen LogP contribution in [0, 0.1) is 0 Å². The van der Waals surface area contributed by atoms with Gasteiger partial charge in [0.15, 0.2) is 0 Å². The Morgan fingerprint density at radius 1 is 1.37 bits per heavy atom. The fourth-order valence-electron chi connectivity index (χ4n) is 2.17. The van der Waals surface area contributed by atoms with Crippen molar-refractivity contribution < 1.29 is 14.3 Å². The van der Waals surface area contributed by atoms with E-state index in [1.807, 2.05) is 27.7 Å². The minimum Gasteiger partial charge on any atom is -0.468 e. The van der Waals surface area contributed by atoms with E-state index in [2.05, 4.69) is 17.1 Å². The van der Waals surface area contributed by atoms with E-state index < -0.39 is 5.54 Å². The van der Waals surface area contributed by atoms with Gasteiger partial charge in [-0.2, -0.15) is 0 Å². The lowest BCUT2D eigenvalue weighted by Gasteiger charge is -2.35. The SMILES string of the molecule is CCOCCN(CC)CC(C)(NC(C)C)C(=O)OC. The van der Waals surface area contributed by atoms with E-state index in [1.54, 1.807) is 0 Å². The van der Waals surface area contributed by atoms with E-state index in [0.29, 0.717) is 13.2 Å². The maximum Gasteiger partial charge on any atom is 0.327 e. The van der Waals surface area contributed by atoms with Crippen molar-refractivity contribution in [3.05, 3.63) is 0 Å². The molecule has 0 aromatic rings. The zero-order chi connectivity index (χ0) is 14.9. The van der Waals surface area contributed by atoms with Crippen LogP contribution in [0.1, 0.15) is 34.6 Å². The Bertz CT molecular complexity index is 259. The Morgan fingerprint density at radius 2 is 2.00 bits per heavy atom. The molecule has 0 amide bonds. The van der Waals surface area contributed by atoms with E-state index in [9.17, 15) is 4.79 Å². The van der Waals surface area contributed by atoms with Crippen molar-refractivity contribution in [3.8, 4) is 0 Å². The highest BCUT2D eigenvalue weighted by molar-refractivity contribution is 5.80. The molecule has 0 saturated heterocycles.